The van der Waals surface area contributed by atoms with E-state index in [1.165, 1.54) is 18.5 Å². The molecule has 14 heavy (non-hydrogen) atoms. The fraction of sp³-hybridized carbons (Fsp3) is 0. The van der Waals surface area contributed by atoms with E-state index in [1.54, 1.807) is 6.07 Å². The molecule has 0 aliphatic rings. The van der Waals surface area contributed by atoms with Gasteiger partial charge in [-0.15, -0.1) is 0 Å². The molecule has 68 valence electrons. The number of nitrogens with zero attached hydrogens (tertiary/aromatic N) is 1. The number of halogens is 1. The van der Waals surface area contributed by atoms with Gasteiger partial charge >= 0.3 is 0 Å². The van der Waals surface area contributed by atoms with Crippen molar-refractivity contribution in [2.75, 3.05) is 0 Å². The summed E-state index contributed by atoms with van der Waals surface area (Å²) in [5.74, 6) is -0.239. The maximum Gasteiger partial charge on any atom is 0.182 e. The van der Waals surface area contributed by atoms with E-state index in [0.29, 0.717) is 5.58 Å². The zero-order valence-corrected chi connectivity index (χ0v) is 7.20. The first-order chi connectivity index (χ1) is 6.84. The van der Waals surface area contributed by atoms with Gasteiger partial charge < -0.3 is 4.42 Å². The quantitative estimate of drug-likeness (QED) is 0.540. The summed E-state index contributed by atoms with van der Waals surface area (Å²) in [5.41, 5.74) is 1.51. The zero-order valence-electron chi connectivity index (χ0n) is 7.20. The van der Waals surface area contributed by atoms with Gasteiger partial charge in [-0.3, -0.25) is 0 Å². The molecule has 0 amide bonds. The van der Waals surface area contributed by atoms with Crippen LogP contribution < -0.4 is 0 Å². The number of hydrogen-bond acceptors (Lipinski definition) is 2. The van der Waals surface area contributed by atoms with Crippen molar-refractivity contribution in [1.29, 1.82) is 0 Å². The van der Waals surface area contributed by atoms with Crippen molar-refractivity contribution in [3.8, 4) is 0 Å². The van der Waals surface area contributed by atoms with Gasteiger partial charge in [0.1, 0.15) is 11.3 Å². The van der Waals surface area contributed by atoms with E-state index in [1.807, 2.05) is 12.1 Å². The molecule has 3 aromatic rings. The van der Waals surface area contributed by atoms with Gasteiger partial charge in [0, 0.05) is 5.39 Å². The first-order valence-electron chi connectivity index (χ1n) is 4.26. The number of hydrogen-bond donors (Lipinski definition) is 0. The standard InChI is InChI=1S/C11H6FNO/c12-8-2-3-9-7(5-8)1-4-10-11(9)14-6-13-10/h1-6H. The lowest BCUT2D eigenvalue weighted by Gasteiger charge is -1.97. The number of fused-ring (bicyclic) bond motifs is 3. The van der Waals surface area contributed by atoms with Gasteiger partial charge in [0.15, 0.2) is 12.0 Å². The Morgan fingerprint density at radius 3 is 3.00 bits per heavy atom. The molecule has 0 saturated carbocycles. The Kier molecular flexibility index (Phi) is 1.36. The van der Waals surface area contributed by atoms with Crippen molar-refractivity contribution < 1.29 is 8.81 Å². The molecule has 3 rings (SSSR count). The molecular weight excluding hydrogens is 181 g/mol. The number of aromatic nitrogens is 1. The van der Waals surface area contributed by atoms with Crippen molar-refractivity contribution in [3.05, 3.63) is 42.5 Å². The second-order valence-electron chi connectivity index (χ2n) is 3.13. The van der Waals surface area contributed by atoms with Gasteiger partial charge in [-0.1, -0.05) is 6.07 Å². The molecule has 0 N–H and O–H groups in total. The average molecular weight is 187 g/mol. The Bertz CT molecular complexity index is 615. The Hall–Kier alpha value is -1.90. The summed E-state index contributed by atoms with van der Waals surface area (Å²) < 4.78 is 18.2. The van der Waals surface area contributed by atoms with E-state index in [4.69, 9.17) is 4.42 Å². The van der Waals surface area contributed by atoms with E-state index in [0.717, 1.165) is 16.3 Å². The van der Waals surface area contributed by atoms with Gasteiger partial charge in [0.05, 0.1) is 0 Å². The SMILES string of the molecule is Fc1ccc2c(ccc3ncoc32)c1. The third-order valence-corrected chi connectivity index (χ3v) is 2.27. The minimum atomic E-state index is -0.239. The molecule has 0 radical (unpaired) electrons. The smallest absolute Gasteiger partial charge is 0.182 e. The van der Waals surface area contributed by atoms with Gasteiger partial charge in [0.2, 0.25) is 0 Å². The summed E-state index contributed by atoms with van der Waals surface area (Å²) >= 11 is 0. The zero-order chi connectivity index (χ0) is 9.54. The normalized spacial score (nSPS) is 11.2. The van der Waals surface area contributed by atoms with E-state index in [2.05, 4.69) is 4.98 Å². The summed E-state index contributed by atoms with van der Waals surface area (Å²) in [6.07, 6.45) is 1.40. The van der Waals surface area contributed by atoms with Crippen molar-refractivity contribution >= 4 is 21.9 Å². The molecule has 2 aromatic carbocycles. The van der Waals surface area contributed by atoms with Crippen LogP contribution in [-0.4, -0.2) is 4.98 Å². The highest BCUT2D eigenvalue weighted by molar-refractivity contribution is 6.02. The summed E-state index contributed by atoms with van der Waals surface area (Å²) in [4.78, 5) is 4.03. The predicted octanol–water partition coefficient (Wildman–Crippen LogP) is 3.12. The summed E-state index contributed by atoms with van der Waals surface area (Å²) in [5, 5.41) is 1.72. The Balaban J connectivity index is 2.57. The number of benzene rings is 2. The van der Waals surface area contributed by atoms with Gasteiger partial charge in [-0.25, -0.2) is 9.37 Å². The highest BCUT2D eigenvalue weighted by Gasteiger charge is 2.04. The van der Waals surface area contributed by atoms with Gasteiger partial charge in [-0.2, -0.15) is 0 Å². The van der Waals surface area contributed by atoms with Crippen LogP contribution in [0.3, 0.4) is 0 Å². The second-order valence-corrected chi connectivity index (χ2v) is 3.13. The average Bonchev–Trinajstić information content (AvgIpc) is 2.65. The van der Waals surface area contributed by atoms with Crippen LogP contribution in [0, 0.1) is 5.82 Å². The van der Waals surface area contributed by atoms with Crippen molar-refractivity contribution in [3.63, 3.8) is 0 Å². The lowest BCUT2D eigenvalue weighted by Crippen LogP contribution is -1.77. The molecule has 1 aromatic heterocycles. The lowest BCUT2D eigenvalue weighted by molar-refractivity contribution is 0.605. The largest absolute Gasteiger partial charge is 0.443 e. The maximum atomic E-state index is 12.9. The van der Waals surface area contributed by atoms with Crippen molar-refractivity contribution in [1.82, 2.24) is 4.98 Å². The van der Waals surface area contributed by atoms with Crippen LogP contribution in [0.1, 0.15) is 0 Å². The molecule has 3 heteroatoms. The molecule has 1 heterocycles. The Morgan fingerprint density at radius 2 is 2.07 bits per heavy atom. The number of oxazole rings is 1. The van der Waals surface area contributed by atoms with Crippen molar-refractivity contribution in [2.24, 2.45) is 0 Å². The number of rotatable bonds is 0. The second kappa shape index (κ2) is 2.54. The Labute approximate surface area is 79.0 Å². The first kappa shape index (κ1) is 7.50. The highest BCUT2D eigenvalue weighted by Crippen LogP contribution is 2.24. The molecule has 0 atom stereocenters. The molecule has 0 saturated heterocycles. The molecule has 2 nitrogen and oxygen atoms in total. The third kappa shape index (κ3) is 0.923. The summed E-state index contributed by atoms with van der Waals surface area (Å²) in [7, 11) is 0. The monoisotopic (exact) mass is 187 g/mol. The van der Waals surface area contributed by atoms with Gasteiger partial charge in [0.25, 0.3) is 0 Å². The third-order valence-electron chi connectivity index (χ3n) is 2.27. The van der Waals surface area contributed by atoms with E-state index in [-0.39, 0.29) is 5.82 Å². The topological polar surface area (TPSA) is 26.0 Å². The van der Waals surface area contributed by atoms with Crippen molar-refractivity contribution in [2.45, 2.75) is 0 Å². The summed E-state index contributed by atoms with van der Waals surface area (Å²) in [6, 6.07) is 8.27. The van der Waals surface area contributed by atoms with E-state index in [9.17, 15) is 4.39 Å². The molecule has 0 unspecified atom stereocenters. The van der Waals surface area contributed by atoms with Crippen LogP contribution in [0.25, 0.3) is 21.9 Å². The first-order valence-corrected chi connectivity index (χ1v) is 4.26. The Morgan fingerprint density at radius 1 is 1.14 bits per heavy atom. The fourth-order valence-electron chi connectivity index (χ4n) is 1.62. The molecule has 0 fully saturated rings. The van der Waals surface area contributed by atoms with Crippen LogP contribution in [0.15, 0.2) is 41.1 Å². The molecule has 0 aliphatic heterocycles. The minimum absolute atomic E-state index is 0.239. The van der Waals surface area contributed by atoms with Crippen LogP contribution in [-0.2, 0) is 0 Å². The van der Waals surface area contributed by atoms with E-state index >= 15 is 0 Å². The van der Waals surface area contributed by atoms with Crippen LogP contribution in [0.2, 0.25) is 0 Å². The van der Waals surface area contributed by atoms with Gasteiger partial charge in [-0.05, 0) is 29.7 Å². The molecule has 0 spiro atoms. The fourth-order valence-corrected chi connectivity index (χ4v) is 1.62. The van der Waals surface area contributed by atoms with Crippen LogP contribution >= 0.6 is 0 Å². The maximum absolute atomic E-state index is 12.9. The van der Waals surface area contributed by atoms with Crippen LogP contribution in [0.5, 0.6) is 0 Å². The molecule has 0 aliphatic carbocycles. The highest BCUT2D eigenvalue weighted by atomic mass is 19.1. The molecule has 0 bridgehead atoms. The summed E-state index contributed by atoms with van der Waals surface area (Å²) in [6.45, 7) is 0. The van der Waals surface area contributed by atoms with E-state index < -0.39 is 0 Å². The molecular formula is C11H6FNO. The van der Waals surface area contributed by atoms with Crippen LogP contribution in [0.4, 0.5) is 4.39 Å². The lowest BCUT2D eigenvalue weighted by atomic mass is 10.1. The predicted molar refractivity (Wildman–Crippen MR) is 51.5 cm³/mol. The minimum Gasteiger partial charge on any atom is -0.443 e.